The second-order valence-corrected chi connectivity index (χ2v) is 4.59. The van der Waals surface area contributed by atoms with Gasteiger partial charge in [0.2, 0.25) is 0 Å². The highest BCUT2D eigenvalue weighted by atomic mass is 35.5. The maximum atomic E-state index is 6.13. The third-order valence-corrected chi connectivity index (χ3v) is 2.97. The summed E-state index contributed by atoms with van der Waals surface area (Å²) in [4.78, 5) is 0. The molecule has 0 unspecified atom stereocenters. The van der Waals surface area contributed by atoms with E-state index in [2.05, 4.69) is 37.4 Å². The van der Waals surface area contributed by atoms with Crippen molar-refractivity contribution in [2.75, 3.05) is 11.1 Å². The van der Waals surface area contributed by atoms with Gasteiger partial charge in [-0.05, 0) is 49.2 Å². The summed E-state index contributed by atoms with van der Waals surface area (Å²) in [6.07, 6.45) is 0. The average molecular weight is 247 g/mol. The highest BCUT2D eigenvalue weighted by Gasteiger charge is 2.03. The van der Waals surface area contributed by atoms with Gasteiger partial charge in [-0.3, -0.25) is 0 Å². The monoisotopic (exact) mass is 246 g/mol. The van der Waals surface area contributed by atoms with Crippen molar-refractivity contribution in [3.8, 4) is 0 Å². The van der Waals surface area contributed by atoms with Crippen LogP contribution in [0.5, 0.6) is 0 Å². The lowest BCUT2D eigenvalue weighted by Gasteiger charge is -2.12. The van der Waals surface area contributed by atoms with Gasteiger partial charge in [-0.15, -0.1) is 0 Å². The average Bonchev–Trinajstić information content (AvgIpc) is 2.27. The predicted octanol–water partition coefficient (Wildman–Crippen LogP) is 4.28. The van der Waals surface area contributed by atoms with Crippen LogP contribution in [-0.2, 0) is 0 Å². The van der Waals surface area contributed by atoms with Crippen LogP contribution in [0.3, 0.4) is 0 Å². The molecule has 0 aliphatic carbocycles. The molecule has 2 nitrogen and oxygen atoms in total. The fourth-order valence-electron chi connectivity index (χ4n) is 1.65. The molecule has 2 rings (SSSR count). The van der Waals surface area contributed by atoms with Crippen molar-refractivity contribution in [3.63, 3.8) is 0 Å². The number of halogens is 1. The van der Waals surface area contributed by atoms with Crippen LogP contribution in [0.25, 0.3) is 0 Å². The van der Waals surface area contributed by atoms with Gasteiger partial charge in [0.1, 0.15) is 0 Å². The van der Waals surface area contributed by atoms with Crippen LogP contribution in [0.4, 0.5) is 17.1 Å². The SMILES string of the molecule is Cc1ccc(C)c(Nc2ccc(N)cc2Cl)c1. The van der Waals surface area contributed by atoms with Crippen molar-refractivity contribution >= 4 is 28.7 Å². The first-order valence-electron chi connectivity index (χ1n) is 5.45. The minimum Gasteiger partial charge on any atom is -0.399 e. The van der Waals surface area contributed by atoms with Crippen molar-refractivity contribution in [2.24, 2.45) is 0 Å². The minimum absolute atomic E-state index is 0.630. The van der Waals surface area contributed by atoms with E-state index < -0.39 is 0 Å². The summed E-state index contributed by atoms with van der Waals surface area (Å²) in [6.45, 7) is 4.13. The Hall–Kier alpha value is -1.67. The van der Waals surface area contributed by atoms with Gasteiger partial charge in [0.05, 0.1) is 10.7 Å². The van der Waals surface area contributed by atoms with E-state index in [1.54, 1.807) is 6.07 Å². The van der Waals surface area contributed by atoms with Gasteiger partial charge < -0.3 is 11.1 Å². The summed E-state index contributed by atoms with van der Waals surface area (Å²) in [7, 11) is 0. The quantitative estimate of drug-likeness (QED) is 0.776. The van der Waals surface area contributed by atoms with E-state index in [0.717, 1.165) is 11.4 Å². The van der Waals surface area contributed by atoms with E-state index in [0.29, 0.717) is 10.7 Å². The Balaban J connectivity index is 2.34. The van der Waals surface area contributed by atoms with Crippen LogP contribution in [-0.4, -0.2) is 0 Å². The number of nitrogen functional groups attached to an aromatic ring is 1. The van der Waals surface area contributed by atoms with Gasteiger partial charge in [-0.25, -0.2) is 0 Å². The Morgan fingerprint density at radius 1 is 1.00 bits per heavy atom. The van der Waals surface area contributed by atoms with Crippen LogP contribution in [0.1, 0.15) is 11.1 Å². The Morgan fingerprint density at radius 3 is 2.47 bits per heavy atom. The number of benzene rings is 2. The number of anilines is 3. The summed E-state index contributed by atoms with van der Waals surface area (Å²) in [5.41, 5.74) is 10.7. The Morgan fingerprint density at radius 2 is 1.76 bits per heavy atom. The molecular weight excluding hydrogens is 232 g/mol. The summed E-state index contributed by atoms with van der Waals surface area (Å²) in [5.74, 6) is 0. The second kappa shape index (κ2) is 4.68. The fourth-order valence-corrected chi connectivity index (χ4v) is 1.88. The van der Waals surface area contributed by atoms with Gasteiger partial charge >= 0.3 is 0 Å². The van der Waals surface area contributed by atoms with E-state index in [4.69, 9.17) is 17.3 Å². The summed E-state index contributed by atoms with van der Waals surface area (Å²) >= 11 is 6.13. The largest absolute Gasteiger partial charge is 0.399 e. The van der Waals surface area contributed by atoms with E-state index in [-0.39, 0.29) is 0 Å². The van der Waals surface area contributed by atoms with Crippen LogP contribution < -0.4 is 11.1 Å². The first-order valence-corrected chi connectivity index (χ1v) is 5.83. The predicted molar refractivity (Wildman–Crippen MR) is 75.1 cm³/mol. The van der Waals surface area contributed by atoms with Crippen LogP contribution >= 0.6 is 11.6 Å². The van der Waals surface area contributed by atoms with E-state index in [9.17, 15) is 0 Å². The van der Waals surface area contributed by atoms with Crippen molar-refractivity contribution in [1.82, 2.24) is 0 Å². The molecule has 0 fully saturated rings. The van der Waals surface area contributed by atoms with Gasteiger partial charge in [0.25, 0.3) is 0 Å². The molecule has 0 heterocycles. The zero-order valence-corrected chi connectivity index (χ0v) is 10.7. The molecule has 0 aliphatic rings. The maximum absolute atomic E-state index is 6.13. The lowest BCUT2D eigenvalue weighted by molar-refractivity contribution is 1.38. The molecule has 0 aliphatic heterocycles. The molecule has 3 heteroatoms. The second-order valence-electron chi connectivity index (χ2n) is 4.18. The summed E-state index contributed by atoms with van der Waals surface area (Å²) < 4.78 is 0. The highest BCUT2D eigenvalue weighted by molar-refractivity contribution is 6.33. The Bertz CT molecular complexity index is 550. The zero-order valence-electron chi connectivity index (χ0n) is 9.92. The molecule has 0 amide bonds. The summed E-state index contributed by atoms with van der Waals surface area (Å²) in [6, 6.07) is 11.7. The number of aryl methyl sites for hydroxylation is 2. The summed E-state index contributed by atoms with van der Waals surface area (Å²) in [5, 5.41) is 3.95. The number of hydrogen-bond acceptors (Lipinski definition) is 2. The van der Waals surface area contributed by atoms with E-state index >= 15 is 0 Å². The smallest absolute Gasteiger partial charge is 0.0661 e. The molecular formula is C14H15ClN2. The maximum Gasteiger partial charge on any atom is 0.0661 e. The van der Waals surface area contributed by atoms with Crippen molar-refractivity contribution in [1.29, 1.82) is 0 Å². The van der Waals surface area contributed by atoms with Crippen molar-refractivity contribution in [2.45, 2.75) is 13.8 Å². The normalized spacial score (nSPS) is 10.3. The van der Waals surface area contributed by atoms with Gasteiger partial charge in [-0.1, -0.05) is 23.7 Å². The molecule has 0 spiro atoms. The Labute approximate surface area is 106 Å². The highest BCUT2D eigenvalue weighted by Crippen LogP contribution is 2.29. The standard InChI is InChI=1S/C14H15ClN2/c1-9-3-4-10(2)14(7-9)17-13-6-5-11(16)8-12(13)15/h3-8,17H,16H2,1-2H3. The number of nitrogens with one attached hydrogen (secondary N) is 1. The third kappa shape index (κ3) is 2.71. The molecule has 0 atom stereocenters. The van der Waals surface area contributed by atoms with Crippen LogP contribution in [0.15, 0.2) is 36.4 Å². The van der Waals surface area contributed by atoms with Crippen molar-refractivity contribution in [3.05, 3.63) is 52.5 Å². The molecule has 88 valence electrons. The first-order chi connectivity index (χ1) is 8.06. The third-order valence-electron chi connectivity index (χ3n) is 2.66. The van der Waals surface area contributed by atoms with Gasteiger partial charge in [-0.2, -0.15) is 0 Å². The molecule has 17 heavy (non-hydrogen) atoms. The van der Waals surface area contributed by atoms with E-state index in [1.165, 1.54) is 11.1 Å². The molecule has 0 bridgehead atoms. The molecule has 2 aromatic carbocycles. The number of nitrogens with two attached hydrogens (primary N) is 1. The molecule has 0 radical (unpaired) electrons. The fraction of sp³-hybridized carbons (Fsp3) is 0.143. The molecule has 0 saturated heterocycles. The van der Waals surface area contributed by atoms with Gasteiger partial charge in [0, 0.05) is 11.4 Å². The molecule has 2 aromatic rings. The van der Waals surface area contributed by atoms with Crippen molar-refractivity contribution < 1.29 is 0 Å². The minimum atomic E-state index is 0.630. The van der Waals surface area contributed by atoms with Gasteiger partial charge in [0.15, 0.2) is 0 Å². The lowest BCUT2D eigenvalue weighted by atomic mass is 10.1. The van der Waals surface area contributed by atoms with Crippen LogP contribution in [0, 0.1) is 13.8 Å². The lowest BCUT2D eigenvalue weighted by Crippen LogP contribution is -1.95. The molecule has 3 N–H and O–H groups in total. The molecule has 0 saturated carbocycles. The first kappa shape index (κ1) is 11.8. The molecule has 0 aromatic heterocycles. The van der Waals surface area contributed by atoms with Crippen LogP contribution in [0.2, 0.25) is 5.02 Å². The topological polar surface area (TPSA) is 38.0 Å². The Kier molecular flexibility index (Phi) is 3.25. The van der Waals surface area contributed by atoms with E-state index in [1.807, 2.05) is 12.1 Å². The zero-order chi connectivity index (χ0) is 12.4. The number of rotatable bonds is 2. The number of hydrogen-bond donors (Lipinski definition) is 2.